The predicted molar refractivity (Wildman–Crippen MR) is 53.7 cm³/mol. The van der Waals surface area contributed by atoms with Gasteiger partial charge in [0.2, 0.25) is 11.8 Å². The predicted octanol–water partition coefficient (Wildman–Crippen LogP) is -0.0225. The fraction of sp³-hybridized carbons (Fsp3) is 0.667. The molecule has 1 heterocycles. The highest BCUT2D eigenvalue weighted by molar-refractivity contribution is 5.81. The summed E-state index contributed by atoms with van der Waals surface area (Å²) in [6, 6.07) is -0.506. The molecule has 15 heavy (non-hydrogen) atoms. The molecule has 0 aliphatic rings. The van der Waals surface area contributed by atoms with Crippen LogP contribution in [0.1, 0.15) is 25.6 Å². The van der Waals surface area contributed by atoms with E-state index in [2.05, 4.69) is 15.5 Å². The largest absolute Gasteiger partial charge is 0.346 e. The number of aryl methyl sites for hydroxylation is 1. The summed E-state index contributed by atoms with van der Waals surface area (Å²) in [4.78, 5) is 15.4. The van der Waals surface area contributed by atoms with Crippen molar-refractivity contribution in [1.82, 2.24) is 15.5 Å². The van der Waals surface area contributed by atoms with Gasteiger partial charge in [-0.15, -0.1) is 0 Å². The van der Waals surface area contributed by atoms with Gasteiger partial charge in [-0.1, -0.05) is 19.0 Å². The number of carbonyl (C=O) groups excluding carboxylic acids is 1. The first-order chi connectivity index (χ1) is 7.00. The molecule has 0 spiro atoms. The monoisotopic (exact) mass is 212 g/mol. The van der Waals surface area contributed by atoms with Gasteiger partial charge in [-0.05, 0) is 12.8 Å². The SMILES string of the molecule is Cc1noc(CNC(=O)[C@@H](N)C(C)C)n1. The summed E-state index contributed by atoms with van der Waals surface area (Å²) in [5, 5.41) is 6.24. The summed E-state index contributed by atoms with van der Waals surface area (Å²) in [7, 11) is 0. The number of carbonyl (C=O) groups is 1. The average molecular weight is 212 g/mol. The standard InChI is InChI=1S/C9H16N4O2/c1-5(2)8(10)9(14)11-4-7-12-6(3)13-15-7/h5,8H,4,10H2,1-3H3,(H,11,14)/t8-/m0/s1. The quantitative estimate of drug-likeness (QED) is 0.731. The zero-order chi connectivity index (χ0) is 11.4. The van der Waals surface area contributed by atoms with E-state index in [1.807, 2.05) is 13.8 Å². The van der Waals surface area contributed by atoms with Crippen LogP contribution in [0.5, 0.6) is 0 Å². The van der Waals surface area contributed by atoms with Gasteiger partial charge in [0.25, 0.3) is 0 Å². The molecule has 0 fully saturated rings. The number of aromatic nitrogens is 2. The lowest BCUT2D eigenvalue weighted by Gasteiger charge is -2.14. The normalized spacial score (nSPS) is 12.9. The van der Waals surface area contributed by atoms with E-state index in [4.69, 9.17) is 10.3 Å². The summed E-state index contributed by atoms with van der Waals surface area (Å²) in [5.41, 5.74) is 5.65. The maximum atomic E-state index is 11.4. The molecule has 0 aliphatic carbocycles. The van der Waals surface area contributed by atoms with E-state index >= 15 is 0 Å². The summed E-state index contributed by atoms with van der Waals surface area (Å²) >= 11 is 0. The van der Waals surface area contributed by atoms with E-state index in [0.29, 0.717) is 11.7 Å². The Morgan fingerprint density at radius 2 is 2.27 bits per heavy atom. The third kappa shape index (κ3) is 3.32. The van der Waals surface area contributed by atoms with Crippen LogP contribution in [-0.2, 0) is 11.3 Å². The van der Waals surface area contributed by atoms with Gasteiger partial charge >= 0.3 is 0 Å². The molecule has 6 nitrogen and oxygen atoms in total. The van der Waals surface area contributed by atoms with Crippen molar-refractivity contribution in [2.75, 3.05) is 0 Å². The van der Waals surface area contributed by atoms with Gasteiger partial charge in [0, 0.05) is 0 Å². The molecule has 1 aromatic rings. The maximum Gasteiger partial charge on any atom is 0.246 e. The maximum absolute atomic E-state index is 11.4. The first-order valence-corrected chi connectivity index (χ1v) is 4.83. The average Bonchev–Trinajstić information content (AvgIpc) is 2.59. The second-order valence-electron chi connectivity index (χ2n) is 3.72. The topological polar surface area (TPSA) is 94.0 Å². The molecule has 0 saturated heterocycles. The molecule has 0 aromatic carbocycles. The Hall–Kier alpha value is -1.43. The van der Waals surface area contributed by atoms with Gasteiger partial charge in [0.1, 0.15) is 0 Å². The molecule has 1 rings (SSSR count). The minimum atomic E-state index is -0.506. The number of nitrogens with zero attached hydrogens (tertiary/aromatic N) is 2. The van der Waals surface area contributed by atoms with Crippen molar-refractivity contribution in [3.8, 4) is 0 Å². The number of rotatable bonds is 4. The molecule has 0 bridgehead atoms. The van der Waals surface area contributed by atoms with Gasteiger partial charge in [0.05, 0.1) is 12.6 Å². The summed E-state index contributed by atoms with van der Waals surface area (Å²) < 4.78 is 4.84. The van der Waals surface area contributed by atoms with Gasteiger partial charge < -0.3 is 15.6 Å². The fourth-order valence-corrected chi connectivity index (χ4v) is 0.995. The van der Waals surface area contributed by atoms with Crippen LogP contribution in [0.3, 0.4) is 0 Å². The highest BCUT2D eigenvalue weighted by Gasteiger charge is 2.17. The van der Waals surface area contributed by atoms with E-state index < -0.39 is 6.04 Å². The van der Waals surface area contributed by atoms with Crippen molar-refractivity contribution >= 4 is 5.91 Å². The minimum Gasteiger partial charge on any atom is -0.346 e. The van der Waals surface area contributed by atoms with E-state index in [9.17, 15) is 4.79 Å². The highest BCUT2D eigenvalue weighted by atomic mass is 16.5. The number of amides is 1. The van der Waals surface area contributed by atoms with Gasteiger partial charge in [0.15, 0.2) is 5.82 Å². The summed E-state index contributed by atoms with van der Waals surface area (Å²) in [6.07, 6.45) is 0. The van der Waals surface area contributed by atoms with Crippen LogP contribution in [-0.4, -0.2) is 22.1 Å². The Bertz CT molecular complexity index is 335. The van der Waals surface area contributed by atoms with Crippen LogP contribution >= 0.6 is 0 Å². The van der Waals surface area contributed by atoms with Crippen LogP contribution in [0.15, 0.2) is 4.52 Å². The second kappa shape index (κ2) is 4.88. The molecule has 3 N–H and O–H groups in total. The van der Waals surface area contributed by atoms with Crippen molar-refractivity contribution in [2.45, 2.75) is 33.4 Å². The molecule has 84 valence electrons. The lowest BCUT2D eigenvalue weighted by molar-refractivity contribution is -0.123. The molecule has 1 amide bonds. The Balaban J connectivity index is 2.40. The zero-order valence-corrected chi connectivity index (χ0v) is 9.15. The Labute approximate surface area is 88.2 Å². The number of hydrogen-bond donors (Lipinski definition) is 2. The van der Waals surface area contributed by atoms with Crippen molar-refractivity contribution in [3.63, 3.8) is 0 Å². The third-order valence-corrected chi connectivity index (χ3v) is 2.00. The van der Waals surface area contributed by atoms with E-state index in [0.717, 1.165) is 0 Å². The molecular weight excluding hydrogens is 196 g/mol. The first kappa shape index (κ1) is 11.6. The summed E-state index contributed by atoms with van der Waals surface area (Å²) in [5.74, 6) is 0.833. The van der Waals surface area contributed by atoms with Crippen molar-refractivity contribution < 1.29 is 9.32 Å². The van der Waals surface area contributed by atoms with E-state index in [1.54, 1.807) is 6.92 Å². The minimum absolute atomic E-state index is 0.106. The van der Waals surface area contributed by atoms with E-state index in [-0.39, 0.29) is 18.4 Å². The lowest BCUT2D eigenvalue weighted by Crippen LogP contribution is -2.43. The number of hydrogen-bond acceptors (Lipinski definition) is 5. The second-order valence-corrected chi connectivity index (χ2v) is 3.72. The van der Waals surface area contributed by atoms with Crippen LogP contribution in [0, 0.1) is 12.8 Å². The van der Waals surface area contributed by atoms with E-state index in [1.165, 1.54) is 0 Å². The van der Waals surface area contributed by atoms with Gasteiger partial charge in [-0.2, -0.15) is 4.98 Å². The highest BCUT2D eigenvalue weighted by Crippen LogP contribution is 1.99. The zero-order valence-electron chi connectivity index (χ0n) is 9.15. The van der Waals surface area contributed by atoms with Gasteiger partial charge in [-0.25, -0.2) is 0 Å². The molecule has 6 heteroatoms. The van der Waals surface area contributed by atoms with Crippen LogP contribution < -0.4 is 11.1 Å². The molecule has 0 unspecified atom stereocenters. The fourth-order valence-electron chi connectivity index (χ4n) is 0.995. The summed E-state index contributed by atoms with van der Waals surface area (Å²) in [6.45, 7) is 5.72. The Kier molecular flexibility index (Phi) is 3.79. The first-order valence-electron chi connectivity index (χ1n) is 4.83. The molecule has 0 radical (unpaired) electrons. The molecule has 1 atom stereocenters. The number of nitrogens with one attached hydrogen (secondary N) is 1. The van der Waals surface area contributed by atoms with Crippen molar-refractivity contribution in [2.24, 2.45) is 11.7 Å². The van der Waals surface area contributed by atoms with Crippen LogP contribution in [0.2, 0.25) is 0 Å². The number of nitrogens with two attached hydrogens (primary N) is 1. The molecule has 0 saturated carbocycles. The van der Waals surface area contributed by atoms with Gasteiger partial charge in [-0.3, -0.25) is 4.79 Å². The van der Waals surface area contributed by atoms with Crippen LogP contribution in [0.25, 0.3) is 0 Å². The Morgan fingerprint density at radius 1 is 1.60 bits per heavy atom. The van der Waals surface area contributed by atoms with Crippen molar-refractivity contribution in [3.05, 3.63) is 11.7 Å². The molecule has 0 aliphatic heterocycles. The smallest absolute Gasteiger partial charge is 0.246 e. The molecule has 1 aromatic heterocycles. The Morgan fingerprint density at radius 3 is 2.73 bits per heavy atom. The third-order valence-electron chi connectivity index (χ3n) is 2.00. The lowest BCUT2D eigenvalue weighted by atomic mass is 10.1. The van der Waals surface area contributed by atoms with Crippen molar-refractivity contribution in [1.29, 1.82) is 0 Å². The molecular formula is C9H16N4O2. The van der Waals surface area contributed by atoms with Crippen LogP contribution in [0.4, 0.5) is 0 Å².